The zero-order chi connectivity index (χ0) is 8.72. The molecule has 1 nitrogen and oxygen atoms in total. The zero-order valence-corrected chi connectivity index (χ0v) is 7.84. The van der Waals surface area contributed by atoms with Crippen LogP contribution in [0.4, 0.5) is 0 Å². The fourth-order valence-electron chi connectivity index (χ4n) is 2.72. The Balaban J connectivity index is 2.17. The highest BCUT2D eigenvalue weighted by Crippen LogP contribution is 2.40. The minimum atomic E-state index is 0.293. The molecule has 2 aliphatic carbocycles. The van der Waals surface area contributed by atoms with E-state index in [1.165, 1.54) is 18.4 Å². The Kier molecular flexibility index (Phi) is 1.82. The van der Waals surface area contributed by atoms with Gasteiger partial charge in [-0.25, -0.2) is 0 Å². The second kappa shape index (κ2) is 2.72. The van der Waals surface area contributed by atoms with Crippen molar-refractivity contribution in [2.75, 3.05) is 0 Å². The number of fused-ring (bicyclic) bond motifs is 1. The quantitative estimate of drug-likeness (QED) is 0.503. The number of allylic oxidation sites excluding steroid dienone is 2. The van der Waals surface area contributed by atoms with Crippen molar-refractivity contribution in [2.45, 2.75) is 33.1 Å². The highest BCUT2D eigenvalue weighted by atomic mass is 16.1. The van der Waals surface area contributed by atoms with E-state index in [2.05, 4.69) is 19.9 Å². The molecular formula is C11H16O. The van der Waals surface area contributed by atoms with Crippen molar-refractivity contribution < 1.29 is 4.79 Å². The highest BCUT2D eigenvalue weighted by molar-refractivity contribution is 5.84. The molecule has 12 heavy (non-hydrogen) atoms. The Bertz CT molecular complexity index is 239. The number of ketones is 1. The fraction of sp³-hybridized carbons (Fsp3) is 0.727. The Morgan fingerprint density at radius 2 is 2.17 bits per heavy atom. The van der Waals surface area contributed by atoms with Gasteiger partial charge >= 0.3 is 0 Å². The zero-order valence-electron chi connectivity index (χ0n) is 7.84. The molecule has 0 spiro atoms. The molecule has 0 radical (unpaired) electrons. The van der Waals surface area contributed by atoms with E-state index in [1.807, 2.05) is 0 Å². The van der Waals surface area contributed by atoms with Crippen molar-refractivity contribution in [3.05, 3.63) is 11.6 Å². The molecule has 1 heteroatoms. The summed E-state index contributed by atoms with van der Waals surface area (Å²) in [5.74, 6) is 2.05. The Hall–Kier alpha value is -0.590. The molecule has 0 saturated heterocycles. The average Bonchev–Trinajstić information content (AvgIpc) is 2.29. The smallest absolute Gasteiger partial charge is 0.140 e. The summed E-state index contributed by atoms with van der Waals surface area (Å²) in [7, 11) is 0. The topological polar surface area (TPSA) is 17.1 Å². The molecule has 0 bridgehead atoms. The van der Waals surface area contributed by atoms with Gasteiger partial charge in [0, 0.05) is 12.3 Å². The first-order valence-corrected chi connectivity index (χ1v) is 4.87. The van der Waals surface area contributed by atoms with Gasteiger partial charge in [-0.2, -0.15) is 0 Å². The number of hydrogen-bond acceptors (Lipinski definition) is 1. The van der Waals surface area contributed by atoms with Gasteiger partial charge in [0.25, 0.3) is 0 Å². The normalized spacial score (nSPS) is 41.0. The molecule has 2 rings (SSSR count). The Morgan fingerprint density at radius 3 is 2.92 bits per heavy atom. The number of carbonyl (C=O) groups excluding carboxylic acids is 1. The van der Waals surface area contributed by atoms with Gasteiger partial charge in [0.15, 0.2) is 0 Å². The van der Waals surface area contributed by atoms with Gasteiger partial charge in [0.1, 0.15) is 5.78 Å². The maximum absolute atomic E-state index is 11.6. The monoisotopic (exact) mass is 164 g/mol. The van der Waals surface area contributed by atoms with Crippen LogP contribution in [0.3, 0.4) is 0 Å². The lowest BCUT2D eigenvalue weighted by Gasteiger charge is -2.28. The maximum atomic E-state index is 11.6. The summed E-state index contributed by atoms with van der Waals surface area (Å²) in [4.78, 5) is 11.6. The number of rotatable bonds is 0. The van der Waals surface area contributed by atoms with Crippen molar-refractivity contribution in [3.63, 3.8) is 0 Å². The second-order valence-electron chi connectivity index (χ2n) is 4.51. The summed E-state index contributed by atoms with van der Waals surface area (Å²) in [5.41, 5.74) is 1.42. The van der Waals surface area contributed by atoms with Crippen LogP contribution in [0.1, 0.15) is 33.1 Å². The first-order valence-electron chi connectivity index (χ1n) is 4.87. The first kappa shape index (κ1) is 8.03. The summed E-state index contributed by atoms with van der Waals surface area (Å²) >= 11 is 0. The summed E-state index contributed by atoms with van der Waals surface area (Å²) in [5, 5.41) is 0. The van der Waals surface area contributed by atoms with E-state index in [4.69, 9.17) is 0 Å². The predicted octanol–water partition coefficient (Wildman–Crippen LogP) is 2.57. The largest absolute Gasteiger partial charge is 0.299 e. The van der Waals surface area contributed by atoms with Crippen molar-refractivity contribution in [3.8, 4) is 0 Å². The molecule has 3 atom stereocenters. The van der Waals surface area contributed by atoms with Gasteiger partial charge < -0.3 is 0 Å². The minimum absolute atomic E-state index is 0.293. The molecule has 0 aromatic carbocycles. The third-order valence-electron chi connectivity index (χ3n) is 3.18. The summed E-state index contributed by atoms with van der Waals surface area (Å²) in [6.45, 7) is 4.35. The van der Waals surface area contributed by atoms with Crippen LogP contribution < -0.4 is 0 Å². The average molecular weight is 164 g/mol. The van der Waals surface area contributed by atoms with Crippen LogP contribution in [0, 0.1) is 17.8 Å². The number of carbonyl (C=O) groups is 1. The van der Waals surface area contributed by atoms with E-state index in [0.717, 1.165) is 6.42 Å². The van der Waals surface area contributed by atoms with E-state index in [0.29, 0.717) is 23.5 Å². The number of hydrogen-bond donors (Lipinski definition) is 0. The van der Waals surface area contributed by atoms with Crippen molar-refractivity contribution in [1.29, 1.82) is 0 Å². The Labute approximate surface area is 73.8 Å². The molecular weight excluding hydrogens is 148 g/mol. The van der Waals surface area contributed by atoms with Gasteiger partial charge in [-0.1, -0.05) is 18.6 Å². The van der Waals surface area contributed by atoms with Crippen LogP contribution in [0.2, 0.25) is 0 Å². The predicted molar refractivity (Wildman–Crippen MR) is 48.8 cm³/mol. The van der Waals surface area contributed by atoms with Crippen molar-refractivity contribution in [1.82, 2.24) is 0 Å². The molecule has 66 valence electrons. The SMILES string of the molecule is CC1=C[C@H]2C(=O)CC(C)C[C@H]2C1. The standard InChI is InChI=1S/C11H16O/c1-7-3-9-4-8(2)6-11(12)10(9)5-7/h5,8-10H,3-4,6H2,1-2H3/t8?,9-,10-/m1/s1. The lowest BCUT2D eigenvalue weighted by molar-refractivity contribution is -0.125. The minimum Gasteiger partial charge on any atom is -0.299 e. The maximum Gasteiger partial charge on any atom is 0.140 e. The van der Waals surface area contributed by atoms with E-state index in [1.54, 1.807) is 0 Å². The van der Waals surface area contributed by atoms with Crippen LogP contribution in [0.5, 0.6) is 0 Å². The van der Waals surface area contributed by atoms with E-state index < -0.39 is 0 Å². The molecule has 0 heterocycles. The van der Waals surface area contributed by atoms with Gasteiger partial charge in [0.05, 0.1) is 0 Å². The van der Waals surface area contributed by atoms with Gasteiger partial charge in [-0.05, 0) is 31.6 Å². The molecule has 2 aliphatic rings. The van der Waals surface area contributed by atoms with E-state index in [-0.39, 0.29) is 0 Å². The molecule has 0 aromatic heterocycles. The summed E-state index contributed by atoms with van der Waals surface area (Å²) in [6.07, 6.45) is 5.43. The second-order valence-corrected chi connectivity index (χ2v) is 4.51. The highest BCUT2D eigenvalue weighted by Gasteiger charge is 2.36. The lowest BCUT2D eigenvalue weighted by atomic mass is 9.75. The van der Waals surface area contributed by atoms with Gasteiger partial charge in [0.2, 0.25) is 0 Å². The molecule has 1 saturated carbocycles. The molecule has 0 aromatic rings. The lowest BCUT2D eigenvalue weighted by Crippen LogP contribution is -2.28. The summed E-state index contributed by atoms with van der Waals surface area (Å²) < 4.78 is 0. The van der Waals surface area contributed by atoms with Crippen molar-refractivity contribution >= 4 is 5.78 Å². The Morgan fingerprint density at radius 1 is 1.42 bits per heavy atom. The van der Waals surface area contributed by atoms with Crippen LogP contribution in [0.15, 0.2) is 11.6 Å². The van der Waals surface area contributed by atoms with Crippen molar-refractivity contribution in [2.24, 2.45) is 17.8 Å². The molecule has 0 amide bonds. The molecule has 1 fully saturated rings. The molecule has 0 N–H and O–H groups in total. The van der Waals surface area contributed by atoms with Gasteiger partial charge in [-0.15, -0.1) is 0 Å². The summed E-state index contributed by atoms with van der Waals surface area (Å²) in [6, 6.07) is 0. The first-order chi connectivity index (χ1) is 5.66. The van der Waals surface area contributed by atoms with Crippen LogP contribution in [0.25, 0.3) is 0 Å². The van der Waals surface area contributed by atoms with E-state index in [9.17, 15) is 4.79 Å². The van der Waals surface area contributed by atoms with Gasteiger partial charge in [-0.3, -0.25) is 4.79 Å². The van der Waals surface area contributed by atoms with E-state index >= 15 is 0 Å². The molecule has 1 unspecified atom stereocenters. The fourth-order valence-corrected chi connectivity index (χ4v) is 2.72. The number of Topliss-reactive ketones (excluding diaryl/α,β-unsaturated/α-hetero) is 1. The van der Waals surface area contributed by atoms with Crippen LogP contribution in [-0.2, 0) is 4.79 Å². The third kappa shape index (κ3) is 1.21. The molecule has 0 aliphatic heterocycles. The van der Waals surface area contributed by atoms with Crippen LogP contribution >= 0.6 is 0 Å². The van der Waals surface area contributed by atoms with Crippen LogP contribution in [-0.4, -0.2) is 5.78 Å². The third-order valence-corrected chi connectivity index (χ3v) is 3.18.